The fourth-order valence-corrected chi connectivity index (χ4v) is 15.5. The minimum atomic E-state index is -0.590. The van der Waals surface area contributed by atoms with E-state index in [1.165, 1.54) is 12.1 Å². The second kappa shape index (κ2) is 16.7. The largest absolute Gasteiger partial charge is 0.308 e. The molecule has 0 aliphatic rings. The van der Waals surface area contributed by atoms with E-state index in [1.54, 1.807) is 46.9 Å². The Bertz CT molecular complexity index is 6430. The summed E-state index contributed by atoms with van der Waals surface area (Å²) >= 11 is 3.34. The van der Waals surface area contributed by atoms with Gasteiger partial charge >= 0.3 is 0 Å². The molecule has 0 aliphatic heterocycles. The number of nitrogens with zero attached hydrogens (tertiary/aromatic N) is 2. The van der Waals surface area contributed by atoms with E-state index in [-0.39, 0.29) is 44.5 Å². The predicted molar refractivity (Wildman–Crippen MR) is 354 cm³/mol. The Balaban J connectivity index is 0.962. The molecule has 0 radical (unpaired) electrons. The maximum Gasteiger partial charge on any atom is 0.0629 e. The molecular weight excluding hydrogens is 1030 g/mol. The van der Waals surface area contributed by atoms with Crippen LogP contribution < -0.4 is 0 Å². The highest BCUT2D eigenvalue weighted by atomic mass is 32.1. The van der Waals surface area contributed by atoms with Crippen LogP contribution in [-0.2, 0) is 0 Å². The molecule has 6 aromatic heterocycles. The molecule has 0 aliphatic carbocycles. The van der Waals surface area contributed by atoms with Crippen LogP contribution in [0.1, 0.15) is 27.4 Å². The molecule has 0 N–H and O–H groups in total. The van der Waals surface area contributed by atoms with Crippen LogP contribution in [-0.4, -0.2) is 8.80 Å². The molecule has 19 rings (SSSR count). The summed E-state index contributed by atoms with van der Waals surface area (Å²) in [7, 11) is 0. The van der Waals surface area contributed by atoms with Gasteiger partial charge in [0, 0.05) is 83.4 Å². The van der Waals surface area contributed by atoms with Crippen molar-refractivity contribution >= 4 is 139 Å². The van der Waals surface area contributed by atoms with Crippen molar-refractivity contribution in [3.05, 3.63) is 266 Å². The quantitative estimate of drug-likeness (QED) is 0.157. The number of benzene rings is 13. The van der Waals surface area contributed by atoms with Crippen molar-refractivity contribution < 1.29 is 27.4 Å². The normalized spacial score (nSPS) is 15.8. The van der Waals surface area contributed by atoms with Gasteiger partial charge in [0.2, 0.25) is 0 Å². The van der Waals surface area contributed by atoms with Crippen LogP contribution in [0.25, 0.3) is 183 Å². The van der Waals surface area contributed by atoms with Crippen LogP contribution in [0.4, 0.5) is 0 Å². The van der Waals surface area contributed by atoms with E-state index in [2.05, 4.69) is 93.7 Å². The third-order valence-corrected chi connectivity index (χ3v) is 18.9. The smallest absolute Gasteiger partial charge is 0.0629 e. The molecule has 0 saturated heterocycles. The SMILES string of the molecule is [2H]c1c([2H])c([2H])c(-c2cc(-c3cc4c5cc6c(cc5n5c7ccc8sc9ccccc9c8c7c(c3)c45)c3cc(-c4cc(-c5c([2H])c([2H])c([2H])c([2H])c5[2H])cc(-c5c([2H])c([2H])c([2H])c([2H])c5[2H])c4)cc4c5c7c(ccc5n6c34)sc3ccccc37)cc(-c3c([2H])c([2H])c([2H])c([2H])c3[2H])c2)c([2H])c1[2H]. The Labute approximate surface area is 506 Å². The molecular formula is C78H44N2S2. The molecule has 378 valence electrons. The standard InChI is InChI=1S/C78H44N2S2/c1-5-17-45(18-6-1)49-33-50(46-19-7-2-8-20-46)36-53(35-49)55-39-61-59-43-68-60(44-67(59)79-65-29-31-71-75(73(65)63(41-55)77(61)79)57-25-13-15-27-69(57)81-71)62-40-56(54-37-51(47-21-9-3-10-22-47)34-52(38-54)48-23-11-4-12-24-48)42-64-74-66(80(68)78(62)64)30-32-72-76(74)58-26-14-16-28-70(58)82-72/h1-44H/i1D,2D,3D,4D,5D,6D,7D,8D,9D,10D,11D,12D,17D,18D,19D,20D,21D,22D,23D,24D. The van der Waals surface area contributed by atoms with Gasteiger partial charge in [-0.25, -0.2) is 0 Å². The molecule has 0 amide bonds. The van der Waals surface area contributed by atoms with Gasteiger partial charge in [0.05, 0.1) is 60.5 Å². The zero-order valence-corrected chi connectivity index (χ0v) is 44.2. The zero-order valence-electron chi connectivity index (χ0n) is 62.6. The summed E-state index contributed by atoms with van der Waals surface area (Å²) in [5, 5.41) is 11.1. The summed E-state index contributed by atoms with van der Waals surface area (Å²) in [6.45, 7) is 0. The van der Waals surface area contributed by atoms with Crippen molar-refractivity contribution in [3.8, 4) is 66.8 Å². The van der Waals surface area contributed by atoms with Gasteiger partial charge in [-0.15, -0.1) is 22.7 Å². The minimum absolute atomic E-state index is 0.136. The number of aromatic nitrogens is 2. The highest BCUT2D eigenvalue weighted by Gasteiger charge is 2.27. The third-order valence-electron chi connectivity index (χ3n) is 16.6. The summed E-state index contributed by atoms with van der Waals surface area (Å²) in [5.74, 6) is 0. The van der Waals surface area contributed by atoms with Gasteiger partial charge in [0.15, 0.2) is 0 Å². The zero-order chi connectivity index (χ0) is 70.7. The Kier molecular flexibility index (Phi) is 6.11. The van der Waals surface area contributed by atoms with Crippen molar-refractivity contribution in [2.75, 3.05) is 0 Å². The van der Waals surface area contributed by atoms with Crippen molar-refractivity contribution in [1.29, 1.82) is 0 Å². The maximum absolute atomic E-state index is 9.23. The average Bonchev–Trinajstić information content (AvgIpc) is 1.51. The molecule has 0 spiro atoms. The number of hydrogen-bond acceptors (Lipinski definition) is 2. The number of fused-ring (bicyclic) bond motifs is 20. The Hall–Kier alpha value is -10.1. The molecule has 0 fully saturated rings. The van der Waals surface area contributed by atoms with Gasteiger partial charge in [0.25, 0.3) is 0 Å². The van der Waals surface area contributed by atoms with Gasteiger partial charge in [-0.1, -0.05) is 157 Å². The van der Waals surface area contributed by atoms with E-state index >= 15 is 0 Å². The fourth-order valence-electron chi connectivity index (χ4n) is 13.3. The molecule has 6 heterocycles. The van der Waals surface area contributed by atoms with Gasteiger partial charge in [0.1, 0.15) is 0 Å². The van der Waals surface area contributed by atoms with Crippen LogP contribution in [0.2, 0.25) is 0 Å². The predicted octanol–water partition coefficient (Wildman–Crippen LogP) is 22.7. The maximum atomic E-state index is 9.23. The molecule has 0 saturated carbocycles. The first-order chi connectivity index (χ1) is 48.9. The van der Waals surface area contributed by atoms with Crippen molar-refractivity contribution in [2.45, 2.75) is 0 Å². The third kappa shape index (κ3) is 6.28. The lowest BCUT2D eigenvalue weighted by Gasteiger charge is -2.12. The van der Waals surface area contributed by atoms with Crippen LogP contribution in [0.5, 0.6) is 0 Å². The molecule has 0 unspecified atom stereocenters. The molecule has 13 aromatic carbocycles. The van der Waals surface area contributed by atoms with Gasteiger partial charge in [-0.3, -0.25) is 0 Å². The van der Waals surface area contributed by atoms with Crippen molar-refractivity contribution in [3.63, 3.8) is 0 Å². The molecule has 82 heavy (non-hydrogen) atoms. The summed E-state index contributed by atoms with van der Waals surface area (Å²) in [4.78, 5) is 0. The number of hydrogen-bond donors (Lipinski definition) is 0. The Morgan fingerprint density at radius 2 is 0.549 bits per heavy atom. The number of thiophene rings is 2. The summed E-state index contributed by atoms with van der Waals surface area (Å²) in [6, 6.07) is 36.9. The molecule has 2 nitrogen and oxygen atoms in total. The molecule has 4 heteroatoms. The van der Waals surface area contributed by atoms with E-state index in [0.717, 1.165) is 117 Å². The first kappa shape index (κ1) is 29.9. The Morgan fingerprint density at radius 3 is 0.915 bits per heavy atom. The fraction of sp³-hybridized carbons (Fsp3) is 0. The monoisotopic (exact) mass is 1090 g/mol. The van der Waals surface area contributed by atoms with Gasteiger partial charge < -0.3 is 8.80 Å². The first-order valence-corrected chi connectivity index (χ1v) is 28.2. The van der Waals surface area contributed by atoms with Gasteiger partial charge in [-0.05, 0) is 176 Å². The van der Waals surface area contributed by atoms with Crippen molar-refractivity contribution in [2.24, 2.45) is 0 Å². The van der Waals surface area contributed by atoms with E-state index in [0.29, 0.717) is 22.3 Å². The summed E-state index contributed by atoms with van der Waals surface area (Å²) < 4.78 is 187. The minimum Gasteiger partial charge on any atom is -0.308 e. The van der Waals surface area contributed by atoms with Crippen LogP contribution in [0.15, 0.2) is 266 Å². The van der Waals surface area contributed by atoms with Crippen LogP contribution in [0, 0.1) is 0 Å². The molecule has 19 aromatic rings. The lowest BCUT2D eigenvalue weighted by Crippen LogP contribution is -1.86. The van der Waals surface area contributed by atoms with Gasteiger partial charge in [-0.2, -0.15) is 0 Å². The summed E-state index contributed by atoms with van der Waals surface area (Å²) in [6.07, 6.45) is 0. The van der Waals surface area contributed by atoms with E-state index < -0.39 is 121 Å². The molecule has 0 atom stereocenters. The summed E-state index contributed by atoms with van der Waals surface area (Å²) in [5.41, 5.74) is 7.48. The Morgan fingerprint density at radius 1 is 0.232 bits per heavy atom. The highest BCUT2D eigenvalue weighted by Crippen LogP contribution is 2.52. The van der Waals surface area contributed by atoms with E-state index in [1.807, 2.05) is 24.3 Å². The first-order valence-electron chi connectivity index (χ1n) is 36.6. The second-order valence-corrected chi connectivity index (χ2v) is 23.0. The lowest BCUT2D eigenvalue weighted by molar-refractivity contribution is 1.36. The molecule has 0 bridgehead atoms. The van der Waals surface area contributed by atoms with Crippen LogP contribution in [0.3, 0.4) is 0 Å². The van der Waals surface area contributed by atoms with Crippen LogP contribution >= 0.6 is 22.7 Å². The van der Waals surface area contributed by atoms with Crippen molar-refractivity contribution in [1.82, 2.24) is 8.80 Å². The highest BCUT2D eigenvalue weighted by molar-refractivity contribution is 7.26. The average molecular weight is 1090 g/mol. The number of rotatable bonds is 6. The van der Waals surface area contributed by atoms with E-state index in [4.69, 9.17) is 16.4 Å². The van der Waals surface area contributed by atoms with E-state index in [9.17, 15) is 11.0 Å². The second-order valence-electron chi connectivity index (χ2n) is 20.9. The lowest BCUT2D eigenvalue weighted by atomic mass is 9.91. The topological polar surface area (TPSA) is 8.82 Å².